The van der Waals surface area contributed by atoms with Crippen molar-refractivity contribution in [3.05, 3.63) is 99.1 Å². The molecule has 0 aromatic heterocycles. The molecule has 0 aliphatic carbocycles. The van der Waals surface area contributed by atoms with E-state index in [-0.39, 0.29) is 17.0 Å². The Morgan fingerprint density at radius 2 is 1.56 bits per heavy atom. The normalized spacial score (nSPS) is 10.5. The zero-order chi connectivity index (χ0) is 24.7. The highest BCUT2D eigenvalue weighted by Crippen LogP contribution is 2.21. The lowest BCUT2D eigenvalue weighted by molar-refractivity contribution is -0.385. The van der Waals surface area contributed by atoms with E-state index in [1.165, 1.54) is 42.6 Å². The van der Waals surface area contributed by atoms with E-state index < -0.39 is 22.7 Å². The Kier molecular flexibility index (Phi) is 7.45. The van der Waals surface area contributed by atoms with Crippen LogP contribution in [0.5, 0.6) is 5.75 Å². The number of nitrogens with one attached hydrogen (secondary N) is 2. The SMILES string of the molecule is Cc1cccc(C)c1NC(=O)C(=O)N/N=C/c1ccc(OC(=O)c2ccccc2[N+](=O)[O-])cc1. The number of esters is 1. The second kappa shape index (κ2) is 10.6. The van der Waals surface area contributed by atoms with Crippen molar-refractivity contribution in [2.24, 2.45) is 5.10 Å². The molecule has 0 saturated carbocycles. The third kappa shape index (κ3) is 5.88. The number of aryl methyl sites for hydroxylation is 2. The smallest absolute Gasteiger partial charge is 0.350 e. The number of hydrogen-bond donors (Lipinski definition) is 2. The van der Waals surface area contributed by atoms with Crippen LogP contribution >= 0.6 is 0 Å². The number of hydrazone groups is 1. The number of carbonyl (C=O) groups is 3. The van der Waals surface area contributed by atoms with Gasteiger partial charge in [0.25, 0.3) is 5.69 Å². The molecule has 0 heterocycles. The number of hydrogen-bond acceptors (Lipinski definition) is 7. The minimum Gasteiger partial charge on any atom is -0.423 e. The minimum absolute atomic E-state index is 0.164. The van der Waals surface area contributed by atoms with Crippen molar-refractivity contribution in [3.63, 3.8) is 0 Å². The van der Waals surface area contributed by atoms with Crippen LogP contribution < -0.4 is 15.5 Å². The summed E-state index contributed by atoms with van der Waals surface area (Å²) >= 11 is 0. The summed E-state index contributed by atoms with van der Waals surface area (Å²) in [5.74, 6) is -2.49. The molecule has 0 unspecified atom stereocenters. The predicted octanol–water partition coefficient (Wildman–Crippen LogP) is 3.52. The number of nitrogens with zero attached hydrogens (tertiary/aromatic N) is 2. The molecule has 0 aliphatic rings. The van der Waals surface area contributed by atoms with Gasteiger partial charge in [0.05, 0.1) is 11.1 Å². The maximum absolute atomic E-state index is 12.3. The molecule has 0 atom stereocenters. The van der Waals surface area contributed by atoms with Gasteiger partial charge in [-0.2, -0.15) is 5.10 Å². The zero-order valence-corrected chi connectivity index (χ0v) is 18.3. The summed E-state index contributed by atoms with van der Waals surface area (Å²) in [5, 5.41) is 17.4. The number of para-hydroxylation sites is 2. The van der Waals surface area contributed by atoms with Crippen molar-refractivity contribution in [2.75, 3.05) is 5.32 Å². The van der Waals surface area contributed by atoms with Gasteiger partial charge in [-0.15, -0.1) is 0 Å². The molecule has 10 nitrogen and oxygen atoms in total. The van der Waals surface area contributed by atoms with Crippen molar-refractivity contribution in [2.45, 2.75) is 13.8 Å². The van der Waals surface area contributed by atoms with Crippen LogP contribution in [0.4, 0.5) is 11.4 Å². The molecule has 172 valence electrons. The van der Waals surface area contributed by atoms with E-state index in [1.807, 2.05) is 32.0 Å². The molecule has 2 N–H and O–H groups in total. The number of amides is 2. The van der Waals surface area contributed by atoms with Gasteiger partial charge in [0, 0.05) is 11.8 Å². The molecule has 0 spiro atoms. The first-order chi connectivity index (χ1) is 16.3. The first kappa shape index (κ1) is 23.8. The second-order valence-electron chi connectivity index (χ2n) is 7.15. The predicted molar refractivity (Wildman–Crippen MR) is 125 cm³/mol. The van der Waals surface area contributed by atoms with E-state index in [0.29, 0.717) is 11.3 Å². The molecule has 0 radical (unpaired) electrons. The number of anilines is 1. The van der Waals surface area contributed by atoms with E-state index in [9.17, 15) is 24.5 Å². The molecule has 0 bridgehead atoms. The summed E-state index contributed by atoms with van der Waals surface area (Å²) in [5.41, 5.74) is 4.39. The monoisotopic (exact) mass is 460 g/mol. The average Bonchev–Trinajstić information content (AvgIpc) is 2.82. The van der Waals surface area contributed by atoms with E-state index in [0.717, 1.165) is 11.1 Å². The van der Waals surface area contributed by atoms with Gasteiger partial charge < -0.3 is 10.1 Å². The van der Waals surface area contributed by atoms with Crippen LogP contribution in [0.3, 0.4) is 0 Å². The van der Waals surface area contributed by atoms with Crippen molar-refractivity contribution in [1.82, 2.24) is 5.43 Å². The van der Waals surface area contributed by atoms with Crippen LogP contribution in [-0.2, 0) is 9.59 Å². The summed E-state index contributed by atoms with van der Waals surface area (Å²) in [6.07, 6.45) is 1.30. The topological polar surface area (TPSA) is 140 Å². The molecule has 3 rings (SSSR count). The molecule has 2 amide bonds. The zero-order valence-electron chi connectivity index (χ0n) is 18.3. The highest BCUT2D eigenvalue weighted by molar-refractivity contribution is 6.39. The van der Waals surface area contributed by atoms with Gasteiger partial charge in [0.15, 0.2) is 0 Å². The Hall–Kier alpha value is -4.86. The Morgan fingerprint density at radius 1 is 0.912 bits per heavy atom. The van der Waals surface area contributed by atoms with Gasteiger partial charge in [0.1, 0.15) is 11.3 Å². The Labute approximate surface area is 194 Å². The number of rotatable bonds is 6. The van der Waals surface area contributed by atoms with E-state index in [4.69, 9.17) is 4.74 Å². The highest BCUT2D eigenvalue weighted by atomic mass is 16.6. The van der Waals surface area contributed by atoms with Crippen molar-refractivity contribution in [3.8, 4) is 5.75 Å². The van der Waals surface area contributed by atoms with Crippen LogP contribution in [-0.4, -0.2) is 28.9 Å². The number of carbonyl (C=O) groups excluding carboxylic acids is 3. The molecule has 3 aromatic carbocycles. The fourth-order valence-corrected chi connectivity index (χ4v) is 2.99. The van der Waals surface area contributed by atoms with Gasteiger partial charge in [-0.3, -0.25) is 19.7 Å². The highest BCUT2D eigenvalue weighted by Gasteiger charge is 2.21. The summed E-state index contributed by atoms with van der Waals surface area (Å²) < 4.78 is 5.19. The van der Waals surface area contributed by atoms with Crippen molar-refractivity contribution >= 4 is 35.4 Å². The lowest BCUT2D eigenvalue weighted by atomic mass is 10.1. The lowest BCUT2D eigenvalue weighted by Crippen LogP contribution is -2.32. The maximum Gasteiger partial charge on any atom is 0.350 e. The summed E-state index contributed by atoms with van der Waals surface area (Å²) in [6.45, 7) is 3.64. The first-order valence-electron chi connectivity index (χ1n) is 10.0. The molecule has 0 saturated heterocycles. The van der Waals surface area contributed by atoms with E-state index in [2.05, 4.69) is 15.8 Å². The molecular formula is C24H20N4O6. The standard InChI is InChI=1S/C24H20N4O6/c1-15-6-5-7-16(2)21(15)26-22(29)23(30)27-25-14-17-10-12-18(13-11-17)34-24(31)19-8-3-4-9-20(19)28(32)33/h3-14H,1-2H3,(H,26,29)(H,27,30)/b25-14+. The summed E-state index contributed by atoms with van der Waals surface area (Å²) in [7, 11) is 0. The third-order valence-electron chi connectivity index (χ3n) is 4.72. The summed E-state index contributed by atoms with van der Waals surface area (Å²) in [4.78, 5) is 46.8. The Bertz CT molecular complexity index is 1260. The third-order valence-corrected chi connectivity index (χ3v) is 4.72. The molecule has 0 fully saturated rings. The Morgan fingerprint density at radius 3 is 2.21 bits per heavy atom. The van der Waals surface area contributed by atoms with Gasteiger partial charge >= 0.3 is 17.8 Å². The quantitative estimate of drug-likeness (QED) is 0.144. The van der Waals surface area contributed by atoms with Crippen LogP contribution in [0.2, 0.25) is 0 Å². The van der Waals surface area contributed by atoms with Crippen LogP contribution in [0, 0.1) is 24.0 Å². The Balaban J connectivity index is 1.57. The maximum atomic E-state index is 12.3. The van der Waals surface area contributed by atoms with Gasteiger partial charge in [0.2, 0.25) is 0 Å². The van der Waals surface area contributed by atoms with Gasteiger partial charge in [-0.25, -0.2) is 10.2 Å². The second-order valence-corrected chi connectivity index (χ2v) is 7.15. The van der Waals surface area contributed by atoms with Crippen molar-refractivity contribution in [1.29, 1.82) is 0 Å². The number of nitro groups is 1. The molecule has 10 heteroatoms. The number of ether oxygens (including phenoxy) is 1. The molecule has 34 heavy (non-hydrogen) atoms. The summed E-state index contributed by atoms with van der Waals surface area (Å²) in [6, 6.07) is 17.0. The largest absolute Gasteiger partial charge is 0.423 e. The fourth-order valence-electron chi connectivity index (χ4n) is 2.99. The van der Waals surface area contributed by atoms with Crippen LogP contribution in [0.1, 0.15) is 27.0 Å². The van der Waals surface area contributed by atoms with Crippen LogP contribution in [0.25, 0.3) is 0 Å². The van der Waals surface area contributed by atoms with Crippen LogP contribution in [0.15, 0.2) is 71.8 Å². The molecule has 0 aliphatic heterocycles. The fraction of sp³-hybridized carbons (Fsp3) is 0.0833. The van der Waals surface area contributed by atoms with Gasteiger partial charge in [-0.05, 0) is 60.9 Å². The molecule has 3 aromatic rings. The van der Waals surface area contributed by atoms with Crippen molar-refractivity contribution < 1.29 is 24.0 Å². The molecular weight excluding hydrogens is 440 g/mol. The van der Waals surface area contributed by atoms with Gasteiger partial charge in [-0.1, -0.05) is 30.3 Å². The number of benzene rings is 3. The minimum atomic E-state index is -0.936. The lowest BCUT2D eigenvalue weighted by Gasteiger charge is -2.10. The first-order valence-corrected chi connectivity index (χ1v) is 10.0. The van der Waals surface area contributed by atoms with E-state index in [1.54, 1.807) is 12.1 Å². The number of nitro benzene ring substituents is 1. The average molecular weight is 460 g/mol. The van der Waals surface area contributed by atoms with E-state index >= 15 is 0 Å².